The third-order valence-corrected chi connectivity index (χ3v) is 5.54. The number of carbonyl (C=O) groups excluding carboxylic acids is 3. The normalized spacial score (nSPS) is 15.7. The highest BCUT2D eigenvalue weighted by molar-refractivity contribution is 5.97. The lowest BCUT2D eigenvalue weighted by Gasteiger charge is -2.37. The number of benzene rings is 1. The fourth-order valence-corrected chi connectivity index (χ4v) is 3.82. The lowest BCUT2D eigenvalue weighted by atomic mass is 9.88. The van der Waals surface area contributed by atoms with Gasteiger partial charge in [0.2, 0.25) is 11.8 Å². The number of likely N-dealkylation sites (N-methyl/N-ethyl adjacent to an activating group) is 1. The highest BCUT2D eigenvalue weighted by Crippen LogP contribution is 2.23. The Hall–Kier alpha value is -2.41. The first-order chi connectivity index (χ1) is 13.9. The number of hydrogen-bond donors (Lipinski definition) is 1. The first-order valence-electron chi connectivity index (χ1n) is 10.3. The largest absolute Gasteiger partial charge is 0.375 e. The Balaban J connectivity index is 2.14. The molecule has 0 radical (unpaired) electrons. The summed E-state index contributed by atoms with van der Waals surface area (Å²) < 4.78 is 4.93. The smallest absolute Gasteiger partial charge is 0.251 e. The van der Waals surface area contributed by atoms with Gasteiger partial charge in [0.05, 0.1) is 0 Å². The number of nitrogens with zero attached hydrogens (tertiary/aromatic N) is 2. The standard InChI is InChI=1S/C22H33N3O4/c1-5-24(6-2)22(28)20(23-21(27)18-9-7-8-16(3)14-18)17-10-12-25(13-11-17)19(26)15-29-4/h7-9,14,17,20H,5-6,10-13,15H2,1-4H3,(H,23,27)/t20-/m1/s1. The van der Waals surface area contributed by atoms with E-state index in [-0.39, 0.29) is 30.2 Å². The van der Waals surface area contributed by atoms with Gasteiger partial charge in [-0.2, -0.15) is 0 Å². The highest BCUT2D eigenvalue weighted by atomic mass is 16.5. The maximum Gasteiger partial charge on any atom is 0.251 e. The number of aryl methyl sites for hydroxylation is 1. The fourth-order valence-electron chi connectivity index (χ4n) is 3.82. The van der Waals surface area contributed by atoms with Crippen LogP contribution in [-0.4, -0.2) is 73.5 Å². The molecular weight excluding hydrogens is 370 g/mol. The van der Waals surface area contributed by atoms with E-state index >= 15 is 0 Å². The summed E-state index contributed by atoms with van der Waals surface area (Å²) in [4.78, 5) is 41.6. The Morgan fingerprint density at radius 2 is 1.86 bits per heavy atom. The molecular formula is C22H33N3O4. The van der Waals surface area contributed by atoms with E-state index in [4.69, 9.17) is 4.74 Å². The number of methoxy groups -OCH3 is 1. The quantitative estimate of drug-likeness (QED) is 0.718. The molecule has 1 N–H and O–H groups in total. The van der Waals surface area contributed by atoms with Crippen molar-refractivity contribution in [3.05, 3.63) is 35.4 Å². The van der Waals surface area contributed by atoms with Gasteiger partial charge in [-0.15, -0.1) is 0 Å². The van der Waals surface area contributed by atoms with Crippen molar-refractivity contribution in [2.75, 3.05) is 39.9 Å². The number of amides is 3. The van der Waals surface area contributed by atoms with Crippen LogP contribution in [0.3, 0.4) is 0 Å². The van der Waals surface area contributed by atoms with Crippen molar-refractivity contribution in [3.8, 4) is 0 Å². The van der Waals surface area contributed by atoms with Crippen molar-refractivity contribution in [1.29, 1.82) is 0 Å². The van der Waals surface area contributed by atoms with Crippen molar-refractivity contribution in [2.24, 2.45) is 5.92 Å². The molecule has 160 valence electrons. The Labute approximate surface area is 173 Å². The van der Waals surface area contributed by atoms with Gasteiger partial charge in [0.15, 0.2) is 0 Å². The van der Waals surface area contributed by atoms with Gasteiger partial charge in [0.1, 0.15) is 12.6 Å². The first kappa shape index (κ1) is 22.9. The molecule has 7 heteroatoms. The van der Waals surface area contributed by atoms with Crippen LogP contribution in [0, 0.1) is 12.8 Å². The maximum absolute atomic E-state index is 13.2. The van der Waals surface area contributed by atoms with E-state index in [0.717, 1.165) is 5.56 Å². The average Bonchev–Trinajstić information content (AvgIpc) is 2.73. The lowest BCUT2D eigenvalue weighted by molar-refractivity contribution is -0.138. The molecule has 0 bridgehead atoms. The molecule has 7 nitrogen and oxygen atoms in total. The van der Waals surface area contributed by atoms with Gasteiger partial charge >= 0.3 is 0 Å². The van der Waals surface area contributed by atoms with Gasteiger partial charge in [0, 0.05) is 38.9 Å². The summed E-state index contributed by atoms with van der Waals surface area (Å²) >= 11 is 0. The minimum absolute atomic E-state index is 0.0107. The molecule has 1 heterocycles. The van der Waals surface area contributed by atoms with Crippen LogP contribution in [0.4, 0.5) is 0 Å². The number of hydrogen-bond acceptors (Lipinski definition) is 4. The van der Waals surface area contributed by atoms with Gasteiger partial charge < -0.3 is 19.9 Å². The molecule has 0 aliphatic carbocycles. The molecule has 3 amide bonds. The number of ether oxygens (including phenoxy) is 1. The van der Waals surface area contributed by atoms with Crippen molar-refractivity contribution in [2.45, 2.75) is 39.7 Å². The zero-order valence-electron chi connectivity index (χ0n) is 17.9. The third kappa shape index (κ3) is 6.03. The predicted octanol–water partition coefficient (Wildman–Crippen LogP) is 1.85. The van der Waals surface area contributed by atoms with Crippen LogP contribution in [0.2, 0.25) is 0 Å². The Morgan fingerprint density at radius 3 is 2.41 bits per heavy atom. The number of nitrogens with one attached hydrogen (secondary N) is 1. The molecule has 0 unspecified atom stereocenters. The second kappa shape index (κ2) is 11.0. The van der Waals surface area contributed by atoms with Gasteiger partial charge in [0.25, 0.3) is 5.91 Å². The van der Waals surface area contributed by atoms with Crippen LogP contribution in [0.25, 0.3) is 0 Å². The highest BCUT2D eigenvalue weighted by Gasteiger charge is 2.35. The summed E-state index contributed by atoms with van der Waals surface area (Å²) in [7, 11) is 1.50. The molecule has 0 aromatic heterocycles. The number of rotatable bonds is 8. The minimum Gasteiger partial charge on any atom is -0.375 e. The molecule has 1 fully saturated rings. The van der Waals surface area contributed by atoms with Crippen LogP contribution in [-0.2, 0) is 14.3 Å². The second-order valence-corrected chi connectivity index (χ2v) is 7.48. The monoisotopic (exact) mass is 403 g/mol. The Morgan fingerprint density at radius 1 is 1.21 bits per heavy atom. The summed E-state index contributed by atoms with van der Waals surface area (Å²) in [5, 5.41) is 2.99. The molecule has 1 aliphatic heterocycles. The molecule has 1 atom stereocenters. The van der Waals surface area contributed by atoms with Gasteiger partial charge in [-0.25, -0.2) is 0 Å². The van der Waals surface area contributed by atoms with E-state index in [2.05, 4.69) is 5.32 Å². The first-order valence-corrected chi connectivity index (χ1v) is 10.3. The number of piperidine rings is 1. The van der Waals surface area contributed by atoms with Gasteiger partial charge in [-0.05, 0) is 51.7 Å². The third-order valence-electron chi connectivity index (χ3n) is 5.54. The van der Waals surface area contributed by atoms with E-state index in [9.17, 15) is 14.4 Å². The van der Waals surface area contributed by atoms with E-state index in [1.54, 1.807) is 15.9 Å². The Kier molecular flexibility index (Phi) is 8.64. The topological polar surface area (TPSA) is 79.0 Å². The van der Waals surface area contributed by atoms with Gasteiger partial charge in [-0.3, -0.25) is 14.4 Å². The van der Waals surface area contributed by atoms with E-state index in [1.807, 2.05) is 39.0 Å². The van der Waals surface area contributed by atoms with Crippen molar-refractivity contribution in [3.63, 3.8) is 0 Å². The van der Waals surface area contributed by atoms with Crippen LogP contribution in [0.15, 0.2) is 24.3 Å². The zero-order chi connectivity index (χ0) is 21.4. The predicted molar refractivity (Wildman–Crippen MR) is 112 cm³/mol. The molecule has 0 spiro atoms. The van der Waals surface area contributed by atoms with Crippen molar-refractivity contribution in [1.82, 2.24) is 15.1 Å². The van der Waals surface area contributed by atoms with Crippen LogP contribution in [0.5, 0.6) is 0 Å². The molecule has 1 aromatic rings. The molecule has 0 saturated carbocycles. The summed E-state index contributed by atoms with van der Waals surface area (Å²) in [6.45, 7) is 8.19. The van der Waals surface area contributed by atoms with Crippen LogP contribution in [0.1, 0.15) is 42.6 Å². The summed E-state index contributed by atoms with van der Waals surface area (Å²) in [5.41, 5.74) is 1.55. The fraction of sp³-hybridized carbons (Fsp3) is 0.591. The minimum atomic E-state index is -0.595. The maximum atomic E-state index is 13.2. The van der Waals surface area contributed by atoms with E-state index < -0.39 is 6.04 Å². The van der Waals surface area contributed by atoms with Crippen LogP contribution < -0.4 is 5.32 Å². The molecule has 2 rings (SSSR count). The molecule has 1 saturated heterocycles. The number of likely N-dealkylation sites (tertiary alicyclic amines) is 1. The molecule has 29 heavy (non-hydrogen) atoms. The summed E-state index contributed by atoms with van der Waals surface area (Å²) in [6.07, 6.45) is 1.34. The lowest BCUT2D eigenvalue weighted by Crippen LogP contribution is -2.55. The molecule has 1 aromatic carbocycles. The van der Waals surface area contributed by atoms with Crippen LogP contribution >= 0.6 is 0 Å². The van der Waals surface area contributed by atoms with Crippen molar-refractivity contribution < 1.29 is 19.1 Å². The average molecular weight is 404 g/mol. The van der Waals surface area contributed by atoms with E-state index in [0.29, 0.717) is 44.6 Å². The SMILES string of the molecule is CCN(CC)C(=O)[C@H](NC(=O)c1cccc(C)c1)C1CCN(C(=O)COC)CC1. The van der Waals surface area contributed by atoms with Crippen molar-refractivity contribution >= 4 is 17.7 Å². The second-order valence-electron chi connectivity index (χ2n) is 7.48. The summed E-state index contributed by atoms with van der Waals surface area (Å²) in [5.74, 6) is -0.348. The molecule has 1 aliphatic rings. The van der Waals surface area contributed by atoms with E-state index in [1.165, 1.54) is 7.11 Å². The Bertz CT molecular complexity index is 710. The summed E-state index contributed by atoms with van der Waals surface area (Å²) in [6, 6.07) is 6.75. The number of carbonyl (C=O) groups is 3. The van der Waals surface area contributed by atoms with Gasteiger partial charge in [-0.1, -0.05) is 17.7 Å². The zero-order valence-corrected chi connectivity index (χ0v) is 17.9.